The highest BCUT2D eigenvalue weighted by Gasteiger charge is 2.33. The highest BCUT2D eigenvalue weighted by molar-refractivity contribution is 5.90. The van der Waals surface area contributed by atoms with Crippen LogP contribution in [0.1, 0.15) is 21.7 Å². The normalized spacial score (nSPS) is 11.3. The summed E-state index contributed by atoms with van der Waals surface area (Å²) in [4.78, 5) is 24.3. The predicted octanol–water partition coefficient (Wildman–Crippen LogP) is 1.49. The Bertz CT molecular complexity index is 476. The Kier molecular flexibility index (Phi) is 3.06. The quantitative estimate of drug-likeness (QED) is 0.750. The zero-order valence-electron chi connectivity index (χ0n) is 8.44. The van der Waals surface area contributed by atoms with E-state index >= 15 is 0 Å². The van der Waals surface area contributed by atoms with Crippen LogP contribution in [0.2, 0.25) is 0 Å². The number of hydrogen-bond donors (Lipinski definition) is 1. The van der Waals surface area contributed by atoms with Crippen LogP contribution in [0.25, 0.3) is 0 Å². The first-order valence-electron chi connectivity index (χ1n) is 4.16. The van der Waals surface area contributed by atoms with Crippen LogP contribution in [0.4, 0.5) is 13.2 Å². The van der Waals surface area contributed by atoms with Gasteiger partial charge in [0.1, 0.15) is 11.3 Å². The molecule has 4 nitrogen and oxygen atoms in total. The minimum atomic E-state index is -4.65. The summed E-state index contributed by atoms with van der Waals surface area (Å²) in [7, 11) is 1.04. The Labute approximate surface area is 88.0 Å². The first kappa shape index (κ1) is 12.3. The Hall–Kier alpha value is -1.79. The van der Waals surface area contributed by atoms with Crippen molar-refractivity contribution in [1.82, 2.24) is 4.98 Å². The number of halogens is 3. The van der Waals surface area contributed by atoms with Gasteiger partial charge in [-0.1, -0.05) is 0 Å². The minimum Gasteiger partial charge on any atom is -0.465 e. The average Bonchev–Trinajstić information content (AvgIpc) is 2.14. The number of aryl methyl sites for hydroxylation is 1. The topological polar surface area (TPSA) is 59.2 Å². The van der Waals surface area contributed by atoms with E-state index in [9.17, 15) is 22.8 Å². The third kappa shape index (κ3) is 2.23. The van der Waals surface area contributed by atoms with Crippen LogP contribution in [0.15, 0.2) is 10.9 Å². The number of hydrogen-bond acceptors (Lipinski definition) is 3. The van der Waals surface area contributed by atoms with Crippen LogP contribution in [0.3, 0.4) is 0 Å². The maximum Gasteiger partial charge on any atom is 0.431 e. The van der Waals surface area contributed by atoms with Crippen molar-refractivity contribution in [3.05, 3.63) is 33.2 Å². The van der Waals surface area contributed by atoms with Gasteiger partial charge >= 0.3 is 12.1 Å². The molecule has 0 aromatic carbocycles. The lowest BCUT2D eigenvalue weighted by Gasteiger charge is -2.09. The van der Waals surface area contributed by atoms with Crippen molar-refractivity contribution >= 4 is 5.97 Å². The summed E-state index contributed by atoms with van der Waals surface area (Å²) in [6.07, 6.45) is -4.65. The van der Waals surface area contributed by atoms with Gasteiger partial charge in [-0.2, -0.15) is 13.2 Å². The number of esters is 1. The van der Waals surface area contributed by atoms with Crippen molar-refractivity contribution in [2.24, 2.45) is 0 Å². The molecular weight excluding hydrogens is 227 g/mol. The Morgan fingerprint density at radius 1 is 1.44 bits per heavy atom. The number of methoxy groups -OCH3 is 1. The molecule has 0 spiro atoms. The van der Waals surface area contributed by atoms with E-state index < -0.39 is 28.8 Å². The molecule has 1 aromatic rings. The first-order valence-corrected chi connectivity index (χ1v) is 4.16. The van der Waals surface area contributed by atoms with Gasteiger partial charge < -0.3 is 9.72 Å². The number of rotatable bonds is 1. The molecule has 1 aromatic heterocycles. The van der Waals surface area contributed by atoms with Gasteiger partial charge in [0.2, 0.25) is 0 Å². The van der Waals surface area contributed by atoms with Crippen molar-refractivity contribution in [1.29, 1.82) is 0 Å². The summed E-state index contributed by atoms with van der Waals surface area (Å²) in [5.74, 6) is -0.965. The van der Waals surface area contributed by atoms with Crippen LogP contribution in [0.5, 0.6) is 0 Å². The van der Waals surface area contributed by atoms with Crippen molar-refractivity contribution in [2.45, 2.75) is 13.1 Å². The van der Waals surface area contributed by atoms with E-state index in [4.69, 9.17) is 0 Å². The van der Waals surface area contributed by atoms with E-state index in [1.165, 1.54) is 6.92 Å². The number of carbonyl (C=O) groups excluding carboxylic acids is 1. The summed E-state index contributed by atoms with van der Waals surface area (Å²) in [5.41, 5.74) is -2.81. The summed E-state index contributed by atoms with van der Waals surface area (Å²) in [6.45, 7) is 1.20. The summed E-state index contributed by atoms with van der Waals surface area (Å²) < 4.78 is 41.1. The molecule has 0 aliphatic carbocycles. The molecule has 0 atom stereocenters. The van der Waals surface area contributed by atoms with Crippen LogP contribution in [-0.4, -0.2) is 18.1 Å². The molecular formula is C9H8F3NO3. The van der Waals surface area contributed by atoms with Gasteiger partial charge in [0.05, 0.1) is 7.11 Å². The highest BCUT2D eigenvalue weighted by Crippen LogP contribution is 2.26. The molecule has 0 radical (unpaired) electrons. The van der Waals surface area contributed by atoms with E-state index in [-0.39, 0.29) is 5.69 Å². The molecule has 0 unspecified atom stereocenters. The lowest BCUT2D eigenvalue weighted by Crippen LogP contribution is -2.22. The molecule has 1 heterocycles. The number of aromatic nitrogens is 1. The molecule has 0 saturated carbocycles. The predicted molar refractivity (Wildman–Crippen MR) is 48.1 cm³/mol. The number of carbonyl (C=O) groups is 1. The molecule has 7 heteroatoms. The van der Waals surface area contributed by atoms with Gasteiger partial charge in [-0.25, -0.2) is 4.79 Å². The summed E-state index contributed by atoms with van der Waals surface area (Å²) >= 11 is 0. The fourth-order valence-corrected chi connectivity index (χ4v) is 1.20. The molecule has 1 N–H and O–H groups in total. The zero-order chi connectivity index (χ0) is 12.5. The maximum atomic E-state index is 12.3. The van der Waals surface area contributed by atoms with Crippen molar-refractivity contribution in [3.8, 4) is 0 Å². The van der Waals surface area contributed by atoms with Crippen molar-refractivity contribution in [2.75, 3.05) is 7.11 Å². The molecule has 0 amide bonds. The lowest BCUT2D eigenvalue weighted by molar-refractivity contribution is -0.141. The zero-order valence-corrected chi connectivity index (χ0v) is 8.44. The van der Waals surface area contributed by atoms with E-state index in [1.807, 2.05) is 4.98 Å². The lowest BCUT2D eigenvalue weighted by atomic mass is 10.1. The Balaban J connectivity index is 3.40. The largest absolute Gasteiger partial charge is 0.465 e. The average molecular weight is 235 g/mol. The van der Waals surface area contributed by atoms with Gasteiger partial charge in [-0.15, -0.1) is 0 Å². The number of aromatic amines is 1. The molecule has 0 bridgehead atoms. The number of nitrogens with one attached hydrogen (secondary N) is 1. The van der Waals surface area contributed by atoms with Crippen LogP contribution in [0, 0.1) is 6.92 Å². The molecule has 16 heavy (non-hydrogen) atoms. The molecule has 0 aliphatic rings. The van der Waals surface area contributed by atoms with Crippen LogP contribution < -0.4 is 5.43 Å². The smallest absolute Gasteiger partial charge is 0.431 e. The fourth-order valence-electron chi connectivity index (χ4n) is 1.20. The number of H-pyrrole nitrogens is 1. The highest BCUT2D eigenvalue weighted by atomic mass is 19.4. The fraction of sp³-hybridized carbons (Fsp3) is 0.333. The van der Waals surface area contributed by atoms with Gasteiger partial charge in [0.15, 0.2) is 5.43 Å². The second kappa shape index (κ2) is 3.99. The summed E-state index contributed by atoms with van der Waals surface area (Å²) in [5, 5.41) is 0. The van der Waals surface area contributed by atoms with Gasteiger partial charge in [0, 0.05) is 11.8 Å². The number of ether oxygens (including phenoxy) is 1. The van der Waals surface area contributed by atoms with E-state index in [0.29, 0.717) is 6.07 Å². The molecule has 88 valence electrons. The Morgan fingerprint density at radius 2 is 2.00 bits per heavy atom. The second-order valence-corrected chi connectivity index (χ2v) is 3.04. The SMILES string of the molecule is COC(=O)c1c(C)[nH]c(C(F)(F)F)cc1=O. The minimum absolute atomic E-state index is 0.174. The van der Waals surface area contributed by atoms with Crippen LogP contribution in [-0.2, 0) is 10.9 Å². The standard InChI is InChI=1S/C9H8F3NO3/c1-4-7(8(15)16-2)5(14)3-6(13-4)9(10,11)12/h3H,1-2H3,(H,13,14). The van der Waals surface area contributed by atoms with Crippen molar-refractivity contribution < 1.29 is 22.7 Å². The third-order valence-electron chi connectivity index (χ3n) is 1.91. The molecule has 1 rings (SSSR count). The van der Waals surface area contributed by atoms with E-state index in [0.717, 1.165) is 7.11 Å². The first-order chi connectivity index (χ1) is 7.27. The monoisotopic (exact) mass is 235 g/mol. The maximum absolute atomic E-state index is 12.3. The third-order valence-corrected chi connectivity index (χ3v) is 1.91. The van der Waals surface area contributed by atoms with Gasteiger partial charge in [-0.05, 0) is 6.92 Å². The van der Waals surface area contributed by atoms with E-state index in [2.05, 4.69) is 4.74 Å². The van der Waals surface area contributed by atoms with E-state index in [1.54, 1.807) is 0 Å². The number of pyridine rings is 1. The number of alkyl halides is 3. The van der Waals surface area contributed by atoms with Gasteiger partial charge in [0.25, 0.3) is 0 Å². The summed E-state index contributed by atoms with van der Waals surface area (Å²) in [6, 6.07) is 0.333. The van der Waals surface area contributed by atoms with Crippen molar-refractivity contribution in [3.63, 3.8) is 0 Å². The molecule has 0 aliphatic heterocycles. The Morgan fingerprint density at radius 3 is 2.38 bits per heavy atom. The molecule has 0 fully saturated rings. The second-order valence-electron chi connectivity index (χ2n) is 3.04. The molecule has 0 saturated heterocycles. The van der Waals surface area contributed by atoms with Gasteiger partial charge in [-0.3, -0.25) is 4.79 Å². The van der Waals surface area contributed by atoms with Crippen LogP contribution >= 0.6 is 0 Å².